The first-order chi connectivity index (χ1) is 13.1. The van der Waals surface area contributed by atoms with Crippen LogP contribution in [0.25, 0.3) is 10.9 Å². The fourth-order valence-corrected chi connectivity index (χ4v) is 4.31. The summed E-state index contributed by atoms with van der Waals surface area (Å²) >= 11 is 1.44. The summed E-state index contributed by atoms with van der Waals surface area (Å²) in [4.78, 5) is 16.7. The summed E-state index contributed by atoms with van der Waals surface area (Å²) in [6.07, 6.45) is 3.52. The molecule has 0 saturated heterocycles. The Labute approximate surface area is 161 Å². The van der Waals surface area contributed by atoms with E-state index < -0.39 is 5.25 Å². The van der Waals surface area contributed by atoms with E-state index in [1.807, 2.05) is 59.2 Å². The normalized spacial score (nSPS) is 12.6. The molecule has 27 heavy (non-hydrogen) atoms. The summed E-state index contributed by atoms with van der Waals surface area (Å²) in [5.41, 5.74) is 2.61. The SMILES string of the molecule is CC(C)n1cnnc1S[C@H](C(=O)c1c[nH]c2ccccc12)c1ccccc1. The predicted molar refractivity (Wildman–Crippen MR) is 108 cm³/mol. The molecule has 0 bridgehead atoms. The largest absolute Gasteiger partial charge is 0.360 e. The molecule has 0 amide bonds. The molecule has 0 fully saturated rings. The zero-order valence-electron chi connectivity index (χ0n) is 15.2. The van der Waals surface area contributed by atoms with Gasteiger partial charge >= 0.3 is 0 Å². The van der Waals surface area contributed by atoms with E-state index in [1.165, 1.54) is 11.8 Å². The lowest BCUT2D eigenvalue weighted by Gasteiger charge is -2.17. The summed E-state index contributed by atoms with van der Waals surface area (Å²) in [6, 6.07) is 17.9. The van der Waals surface area contributed by atoms with Crippen molar-refractivity contribution in [1.29, 1.82) is 0 Å². The van der Waals surface area contributed by atoms with Crippen LogP contribution in [0.3, 0.4) is 0 Å². The first-order valence-electron chi connectivity index (χ1n) is 8.86. The predicted octanol–water partition coefficient (Wildman–Crippen LogP) is 5.06. The van der Waals surface area contributed by atoms with E-state index in [4.69, 9.17) is 0 Å². The Morgan fingerprint density at radius 2 is 1.81 bits per heavy atom. The Morgan fingerprint density at radius 1 is 1.07 bits per heavy atom. The van der Waals surface area contributed by atoms with Crippen LogP contribution in [0.2, 0.25) is 0 Å². The van der Waals surface area contributed by atoms with Crippen molar-refractivity contribution in [1.82, 2.24) is 19.7 Å². The molecular formula is C21H20N4OS. The van der Waals surface area contributed by atoms with Gasteiger partial charge in [-0.05, 0) is 25.5 Å². The fraction of sp³-hybridized carbons (Fsp3) is 0.190. The minimum Gasteiger partial charge on any atom is -0.360 e. The number of thioether (sulfide) groups is 1. The Morgan fingerprint density at radius 3 is 2.59 bits per heavy atom. The number of hydrogen-bond acceptors (Lipinski definition) is 4. The van der Waals surface area contributed by atoms with Crippen molar-refractivity contribution in [2.45, 2.75) is 30.3 Å². The molecule has 0 saturated carbocycles. The molecule has 2 heterocycles. The first-order valence-corrected chi connectivity index (χ1v) is 9.74. The lowest BCUT2D eigenvalue weighted by atomic mass is 10.0. The van der Waals surface area contributed by atoms with E-state index in [0.717, 1.165) is 21.6 Å². The number of benzene rings is 2. The average molecular weight is 376 g/mol. The highest BCUT2D eigenvalue weighted by molar-refractivity contribution is 8.00. The number of carbonyl (C=O) groups is 1. The molecule has 5 nitrogen and oxygen atoms in total. The Kier molecular flexibility index (Phi) is 4.81. The van der Waals surface area contributed by atoms with Crippen molar-refractivity contribution in [3.63, 3.8) is 0 Å². The summed E-state index contributed by atoms with van der Waals surface area (Å²) in [7, 11) is 0. The van der Waals surface area contributed by atoms with Gasteiger partial charge in [-0.25, -0.2) is 0 Å². The molecule has 4 rings (SSSR count). The number of para-hydroxylation sites is 1. The van der Waals surface area contributed by atoms with Gasteiger partial charge < -0.3 is 9.55 Å². The van der Waals surface area contributed by atoms with Crippen LogP contribution >= 0.6 is 11.8 Å². The zero-order chi connectivity index (χ0) is 18.8. The molecule has 1 atom stereocenters. The second-order valence-electron chi connectivity index (χ2n) is 6.64. The van der Waals surface area contributed by atoms with Crippen molar-refractivity contribution in [2.24, 2.45) is 0 Å². The highest BCUT2D eigenvalue weighted by Gasteiger charge is 2.27. The number of carbonyl (C=O) groups excluding carboxylic acids is 1. The molecule has 6 heteroatoms. The molecule has 136 valence electrons. The maximum absolute atomic E-state index is 13.5. The van der Waals surface area contributed by atoms with E-state index >= 15 is 0 Å². The van der Waals surface area contributed by atoms with Gasteiger partial charge in [0.15, 0.2) is 10.9 Å². The molecule has 0 aliphatic rings. The van der Waals surface area contributed by atoms with Crippen molar-refractivity contribution < 1.29 is 4.79 Å². The molecule has 1 N–H and O–H groups in total. The van der Waals surface area contributed by atoms with Crippen molar-refractivity contribution >= 4 is 28.4 Å². The average Bonchev–Trinajstić information content (AvgIpc) is 3.33. The summed E-state index contributed by atoms with van der Waals surface area (Å²) in [5, 5.41) is 9.57. The maximum atomic E-state index is 13.5. The van der Waals surface area contributed by atoms with Crippen LogP contribution < -0.4 is 0 Å². The smallest absolute Gasteiger partial charge is 0.192 e. The summed E-state index contributed by atoms with van der Waals surface area (Å²) < 4.78 is 1.99. The van der Waals surface area contributed by atoms with Crippen molar-refractivity contribution in [3.8, 4) is 0 Å². The molecule has 2 aromatic carbocycles. The van der Waals surface area contributed by atoms with E-state index in [9.17, 15) is 4.79 Å². The monoisotopic (exact) mass is 376 g/mol. The summed E-state index contributed by atoms with van der Waals surface area (Å²) in [5.74, 6) is 0.0574. The Hall–Kier alpha value is -2.86. The molecule has 0 aliphatic heterocycles. The van der Waals surface area contributed by atoms with Crippen molar-refractivity contribution in [2.75, 3.05) is 0 Å². The van der Waals surface area contributed by atoms with Gasteiger partial charge in [-0.3, -0.25) is 4.79 Å². The lowest BCUT2D eigenvalue weighted by molar-refractivity contribution is 0.0991. The third-order valence-electron chi connectivity index (χ3n) is 4.51. The number of rotatable bonds is 6. The second-order valence-corrected chi connectivity index (χ2v) is 7.71. The number of aromatic amines is 1. The third-order valence-corrected chi connectivity index (χ3v) is 5.74. The van der Waals surface area contributed by atoms with Gasteiger partial charge in [0, 0.05) is 28.7 Å². The molecule has 0 spiro atoms. The van der Waals surface area contributed by atoms with Gasteiger partial charge in [-0.1, -0.05) is 60.3 Å². The quantitative estimate of drug-likeness (QED) is 0.377. The van der Waals surface area contributed by atoms with Gasteiger partial charge in [0.25, 0.3) is 0 Å². The number of ketones is 1. The third kappa shape index (κ3) is 3.40. The van der Waals surface area contributed by atoms with E-state index in [2.05, 4.69) is 29.0 Å². The van der Waals surface area contributed by atoms with Gasteiger partial charge in [-0.15, -0.1) is 10.2 Å². The van der Waals surface area contributed by atoms with Gasteiger partial charge in [0.1, 0.15) is 11.6 Å². The highest BCUT2D eigenvalue weighted by atomic mass is 32.2. The van der Waals surface area contributed by atoms with Crippen LogP contribution in [-0.4, -0.2) is 25.5 Å². The minimum absolute atomic E-state index is 0.0574. The topological polar surface area (TPSA) is 63.6 Å². The van der Waals surface area contributed by atoms with Gasteiger partial charge in [0.05, 0.1) is 0 Å². The van der Waals surface area contributed by atoms with Crippen molar-refractivity contribution in [3.05, 3.63) is 78.2 Å². The molecule has 4 aromatic rings. The lowest BCUT2D eigenvalue weighted by Crippen LogP contribution is -2.11. The maximum Gasteiger partial charge on any atom is 0.192 e. The number of nitrogens with zero attached hydrogens (tertiary/aromatic N) is 3. The molecule has 0 aliphatic carbocycles. The standard InChI is InChI=1S/C21H20N4OS/c1-14(2)25-13-23-24-21(25)27-20(15-8-4-3-5-9-15)19(26)17-12-22-18-11-7-6-10-16(17)18/h3-14,20,22H,1-2H3/t20-/m0/s1. The number of H-pyrrole nitrogens is 1. The zero-order valence-corrected chi connectivity index (χ0v) is 16.0. The molecule has 0 unspecified atom stereocenters. The second kappa shape index (κ2) is 7.40. The number of nitrogens with one attached hydrogen (secondary N) is 1. The van der Waals surface area contributed by atoms with E-state index in [1.54, 1.807) is 12.5 Å². The van der Waals surface area contributed by atoms with Crippen LogP contribution in [0, 0.1) is 0 Å². The fourth-order valence-electron chi connectivity index (χ4n) is 3.09. The molecular weight excluding hydrogens is 356 g/mol. The van der Waals surface area contributed by atoms with Crippen LogP contribution in [-0.2, 0) is 0 Å². The van der Waals surface area contributed by atoms with Crippen LogP contribution in [0.1, 0.15) is 41.1 Å². The Bertz CT molecular complexity index is 1070. The van der Waals surface area contributed by atoms with Crippen LogP contribution in [0.15, 0.2) is 72.3 Å². The number of aromatic nitrogens is 4. The van der Waals surface area contributed by atoms with Gasteiger partial charge in [-0.2, -0.15) is 0 Å². The van der Waals surface area contributed by atoms with E-state index in [0.29, 0.717) is 5.56 Å². The molecule has 0 radical (unpaired) electrons. The minimum atomic E-state index is -0.396. The molecule has 2 aromatic heterocycles. The van der Waals surface area contributed by atoms with Crippen LogP contribution in [0.5, 0.6) is 0 Å². The van der Waals surface area contributed by atoms with Crippen LogP contribution in [0.4, 0.5) is 0 Å². The number of fused-ring (bicyclic) bond motifs is 1. The first kappa shape index (κ1) is 17.5. The number of Topliss-reactive ketones (excluding diaryl/α,β-unsaturated/α-hetero) is 1. The Balaban J connectivity index is 1.76. The van der Waals surface area contributed by atoms with Gasteiger partial charge in [0.2, 0.25) is 0 Å². The summed E-state index contributed by atoms with van der Waals surface area (Å²) in [6.45, 7) is 4.15. The van der Waals surface area contributed by atoms with E-state index in [-0.39, 0.29) is 11.8 Å². The number of hydrogen-bond donors (Lipinski definition) is 1. The highest BCUT2D eigenvalue weighted by Crippen LogP contribution is 2.38.